The van der Waals surface area contributed by atoms with Gasteiger partial charge in [0.15, 0.2) is 0 Å². The third kappa shape index (κ3) is 2.79. The summed E-state index contributed by atoms with van der Waals surface area (Å²) in [5.41, 5.74) is 1.32. The summed E-state index contributed by atoms with van der Waals surface area (Å²) in [6.45, 7) is 8.60. The lowest BCUT2D eigenvalue weighted by molar-refractivity contribution is -0.132. The Balaban J connectivity index is 1.91. The topological polar surface area (TPSA) is 58.1 Å². The zero-order valence-corrected chi connectivity index (χ0v) is 14.2. The molecule has 0 unspecified atom stereocenters. The summed E-state index contributed by atoms with van der Waals surface area (Å²) >= 11 is 1.69. The minimum atomic E-state index is 0.260. The fraction of sp³-hybridized carbons (Fsp3) is 0.562. The van der Waals surface area contributed by atoms with Crippen molar-refractivity contribution in [1.29, 1.82) is 0 Å². The Morgan fingerprint density at radius 2 is 2.27 bits per heavy atom. The zero-order chi connectivity index (χ0) is 15.7. The molecule has 22 heavy (non-hydrogen) atoms. The zero-order valence-electron chi connectivity index (χ0n) is 13.3. The van der Waals surface area contributed by atoms with Crippen molar-refractivity contribution in [1.82, 2.24) is 14.9 Å². The fourth-order valence-corrected chi connectivity index (χ4v) is 4.12. The van der Waals surface area contributed by atoms with Gasteiger partial charge in [0.05, 0.1) is 11.9 Å². The average Bonchev–Trinajstić information content (AvgIpc) is 2.85. The van der Waals surface area contributed by atoms with E-state index >= 15 is 0 Å². The Hall–Kier alpha value is -1.69. The lowest BCUT2D eigenvalue weighted by Crippen LogP contribution is -2.35. The van der Waals surface area contributed by atoms with Gasteiger partial charge < -0.3 is 10.2 Å². The molecule has 5 nitrogen and oxygen atoms in total. The van der Waals surface area contributed by atoms with E-state index in [9.17, 15) is 4.79 Å². The molecule has 0 saturated carbocycles. The van der Waals surface area contributed by atoms with Crippen molar-refractivity contribution >= 4 is 33.3 Å². The molecule has 3 heterocycles. The second kappa shape index (κ2) is 6.20. The Labute approximate surface area is 134 Å². The Morgan fingerprint density at radius 3 is 3.00 bits per heavy atom. The molecule has 1 aliphatic rings. The van der Waals surface area contributed by atoms with Gasteiger partial charge >= 0.3 is 0 Å². The van der Waals surface area contributed by atoms with E-state index in [1.807, 2.05) is 4.90 Å². The molecule has 6 heteroatoms. The number of carbonyl (C=O) groups excluding carboxylic acids is 1. The van der Waals surface area contributed by atoms with Gasteiger partial charge in [0.25, 0.3) is 0 Å². The van der Waals surface area contributed by atoms with E-state index in [0.717, 1.165) is 35.5 Å². The SMILES string of the molecule is CCNc1ncnc2sc3c(c12)CCN(C(=O)CC(C)C)C3. The van der Waals surface area contributed by atoms with E-state index < -0.39 is 0 Å². The molecular weight excluding hydrogens is 296 g/mol. The van der Waals surface area contributed by atoms with E-state index in [2.05, 4.69) is 36.1 Å². The molecule has 1 aliphatic heterocycles. The summed E-state index contributed by atoms with van der Waals surface area (Å²) in [6, 6.07) is 0. The first-order valence-corrected chi connectivity index (χ1v) is 8.68. The molecule has 0 bridgehead atoms. The van der Waals surface area contributed by atoms with Crippen LogP contribution in [0.3, 0.4) is 0 Å². The van der Waals surface area contributed by atoms with Gasteiger partial charge in [-0.25, -0.2) is 9.97 Å². The van der Waals surface area contributed by atoms with Gasteiger partial charge in [-0.1, -0.05) is 13.8 Å². The highest BCUT2D eigenvalue weighted by atomic mass is 32.1. The quantitative estimate of drug-likeness (QED) is 0.941. The highest BCUT2D eigenvalue weighted by molar-refractivity contribution is 7.19. The van der Waals surface area contributed by atoms with Gasteiger partial charge in [0.1, 0.15) is 17.0 Å². The van der Waals surface area contributed by atoms with Gasteiger partial charge in [-0.15, -0.1) is 11.3 Å². The second-order valence-corrected chi connectivity index (χ2v) is 7.18. The van der Waals surface area contributed by atoms with Crippen LogP contribution in [0.1, 0.15) is 37.6 Å². The van der Waals surface area contributed by atoms with Crippen molar-refractivity contribution in [3.8, 4) is 0 Å². The van der Waals surface area contributed by atoms with Crippen LogP contribution < -0.4 is 5.32 Å². The summed E-state index contributed by atoms with van der Waals surface area (Å²) < 4.78 is 0. The number of fused-ring (bicyclic) bond motifs is 3. The maximum absolute atomic E-state index is 12.3. The van der Waals surface area contributed by atoms with Gasteiger partial charge in [0, 0.05) is 24.4 Å². The van der Waals surface area contributed by atoms with Crippen molar-refractivity contribution in [3.05, 3.63) is 16.8 Å². The maximum Gasteiger partial charge on any atom is 0.223 e. The monoisotopic (exact) mass is 318 g/mol. The van der Waals surface area contributed by atoms with Crippen molar-refractivity contribution in [2.45, 2.75) is 40.2 Å². The minimum Gasteiger partial charge on any atom is -0.370 e. The van der Waals surface area contributed by atoms with Gasteiger partial charge in [0.2, 0.25) is 5.91 Å². The molecule has 1 amide bonds. The van der Waals surface area contributed by atoms with Crippen LogP contribution in [0.25, 0.3) is 10.2 Å². The predicted octanol–water partition coefficient (Wildman–Crippen LogP) is 3.05. The molecule has 2 aromatic heterocycles. The molecule has 0 fully saturated rings. The molecular formula is C16H22N4OS. The molecule has 0 saturated heterocycles. The van der Waals surface area contributed by atoms with Crippen LogP contribution in [-0.2, 0) is 17.8 Å². The van der Waals surface area contributed by atoms with Crippen molar-refractivity contribution in [3.63, 3.8) is 0 Å². The molecule has 0 atom stereocenters. The standard InChI is InChI=1S/C16H22N4OS/c1-4-17-15-14-11-5-6-20(13(21)7-10(2)3)8-12(11)22-16(14)19-9-18-15/h9-10H,4-8H2,1-3H3,(H,17,18,19). The third-order valence-corrected chi connectivity index (χ3v) is 5.04. The number of anilines is 1. The lowest BCUT2D eigenvalue weighted by Gasteiger charge is -2.27. The molecule has 2 aromatic rings. The van der Waals surface area contributed by atoms with Crippen LogP contribution in [0, 0.1) is 5.92 Å². The van der Waals surface area contributed by atoms with E-state index in [1.165, 1.54) is 10.4 Å². The highest BCUT2D eigenvalue weighted by Gasteiger charge is 2.26. The molecule has 0 aliphatic carbocycles. The van der Waals surface area contributed by atoms with E-state index in [0.29, 0.717) is 18.9 Å². The first kappa shape index (κ1) is 15.2. The van der Waals surface area contributed by atoms with Crippen molar-refractivity contribution < 1.29 is 4.79 Å². The first-order chi connectivity index (χ1) is 10.6. The van der Waals surface area contributed by atoms with Crippen LogP contribution in [0.2, 0.25) is 0 Å². The molecule has 3 rings (SSSR count). The summed E-state index contributed by atoms with van der Waals surface area (Å²) in [5, 5.41) is 4.47. The smallest absolute Gasteiger partial charge is 0.223 e. The number of thiophene rings is 1. The summed E-state index contributed by atoms with van der Waals surface area (Å²) in [7, 11) is 0. The third-order valence-electron chi connectivity index (χ3n) is 3.92. The molecule has 0 aromatic carbocycles. The largest absolute Gasteiger partial charge is 0.370 e. The number of amides is 1. The van der Waals surface area contributed by atoms with Gasteiger partial charge in [-0.2, -0.15) is 0 Å². The number of hydrogen-bond acceptors (Lipinski definition) is 5. The summed E-state index contributed by atoms with van der Waals surface area (Å²) in [4.78, 5) is 25.3. The van der Waals surface area contributed by atoms with Crippen LogP contribution in [-0.4, -0.2) is 33.9 Å². The minimum absolute atomic E-state index is 0.260. The van der Waals surface area contributed by atoms with Crippen LogP contribution in [0.15, 0.2) is 6.33 Å². The van der Waals surface area contributed by atoms with E-state index in [1.54, 1.807) is 17.7 Å². The Bertz CT molecular complexity index is 695. The van der Waals surface area contributed by atoms with Gasteiger partial charge in [-0.3, -0.25) is 4.79 Å². The average molecular weight is 318 g/mol. The number of aromatic nitrogens is 2. The Kier molecular flexibility index (Phi) is 4.29. The number of nitrogens with zero attached hydrogens (tertiary/aromatic N) is 3. The number of nitrogens with one attached hydrogen (secondary N) is 1. The summed E-state index contributed by atoms with van der Waals surface area (Å²) in [6.07, 6.45) is 3.14. The lowest BCUT2D eigenvalue weighted by atomic mass is 10.0. The molecule has 1 N–H and O–H groups in total. The maximum atomic E-state index is 12.3. The summed E-state index contributed by atoms with van der Waals surface area (Å²) in [5.74, 6) is 1.59. The molecule has 0 spiro atoms. The number of carbonyl (C=O) groups is 1. The number of hydrogen-bond donors (Lipinski definition) is 1. The fourth-order valence-electron chi connectivity index (χ4n) is 2.92. The Morgan fingerprint density at radius 1 is 1.45 bits per heavy atom. The van der Waals surface area contributed by atoms with Crippen molar-refractivity contribution in [2.24, 2.45) is 5.92 Å². The number of rotatable bonds is 4. The molecule has 118 valence electrons. The van der Waals surface area contributed by atoms with Crippen molar-refractivity contribution in [2.75, 3.05) is 18.4 Å². The van der Waals surface area contributed by atoms with Crippen LogP contribution >= 0.6 is 11.3 Å². The highest BCUT2D eigenvalue weighted by Crippen LogP contribution is 2.37. The first-order valence-electron chi connectivity index (χ1n) is 7.87. The predicted molar refractivity (Wildman–Crippen MR) is 90.2 cm³/mol. The normalized spacial score (nSPS) is 14.5. The van der Waals surface area contributed by atoms with Gasteiger partial charge in [-0.05, 0) is 24.8 Å². The van der Waals surface area contributed by atoms with Crippen LogP contribution in [0.4, 0.5) is 5.82 Å². The van der Waals surface area contributed by atoms with Crippen LogP contribution in [0.5, 0.6) is 0 Å². The second-order valence-electron chi connectivity index (χ2n) is 6.10. The molecule has 0 radical (unpaired) electrons. The van der Waals surface area contributed by atoms with E-state index in [4.69, 9.17) is 0 Å². The van der Waals surface area contributed by atoms with E-state index in [-0.39, 0.29) is 5.91 Å².